The minimum Gasteiger partial charge on any atom is -0.480 e. The van der Waals surface area contributed by atoms with Crippen LogP contribution in [-0.2, 0) is 19.6 Å². The van der Waals surface area contributed by atoms with Crippen molar-refractivity contribution in [2.24, 2.45) is 5.41 Å². The molecule has 1 saturated heterocycles. The highest BCUT2D eigenvalue weighted by Crippen LogP contribution is 2.37. The summed E-state index contributed by atoms with van der Waals surface area (Å²) in [5.41, 5.74) is -0.896. The Morgan fingerprint density at radius 2 is 1.59 bits per heavy atom. The van der Waals surface area contributed by atoms with Gasteiger partial charge >= 0.3 is 12.1 Å². The van der Waals surface area contributed by atoms with Gasteiger partial charge in [-0.25, -0.2) is 18.0 Å². The lowest BCUT2D eigenvalue weighted by Gasteiger charge is -2.37. The molecule has 0 saturated carbocycles. The molecule has 12 nitrogen and oxygen atoms in total. The number of carboxylic acid groups (broad SMARTS) is 1. The van der Waals surface area contributed by atoms with Gasteiger partial charge in [0.15, 0.2) is 11.6 Å². The first kappa shape index (κ1) is 38.3. The zero-order chi connectivity index (χ0) is 37.3. The van der Waals surface area contributed by atoms with Gasteiger partial charge in [0.05, 0.1) is 16.1 Å². The van der Waals surface area contributed by atoms with Crippen LogP contribution in [0.15, 0.2) is 65.7 Å². The number of carbonyl (C=O) groups is 2. The Hall–Kier alpha value is -3.91. The van der Waals surface area contributed by atoms with Crippen molar-refractivity contribution in [3.8, 4) is 5.82 Å². The molecule has 1 atom stereocenters. The van der Waals surface area contributed by atoms with Crippen LogP contribution in [0, 0.1) is 5.41 Å². The number of rotatable bonds is 10. The van der Waals surface area contributed by atoms with Gasteiger partial charge in [0.1, 0.15) is 11.6 Å². The van der Waals surface area contributed by atoms with Crippen LogP contribution >= 0.6 is 23.2 Å². The molecule has 4 aromatic rings. The molecule has 1 aliphatic rings. The average Bonchev–Trinajstić information content (AvgIpc) is 3.45. The number of aromatic nitrogens is 3. The van der Waals surface area contributed by atoms with Crippen molar-refractivity contribution in [2.75, 3.05) is 35.4 Å². The summed E-state index contributed by atoms with van der Waals surface area (Å²) in [5.74, 6) is -0.506. The van der Waals surface area contributed by atoms with E-state index in [-0.39, 0.29) is 20.6 Å². The topological polar surface area (TPSA) is 138 Å². The highest BCUT2D eigenvalue weighted by atomic mass is 35.5. The van der Waals surface area contributed by atoms with Gasteiger partial charge in [0.25, 0.3) is 10.0 Å². The third-order valence-electron chi connectivity index (χ3n) is 8.47. The first-order valence-corrected chi connectivity index (χ1v) is 19.0. The highest BCUT2D eigenvalue weighted by Gasteiger charge is 2.43. The number of sulfonamides is 1. The quantitative estimate of drug-likeness (QED) is 0.173. The zero-order valence-electron chi connectivity index (χ0n) is 29.6. The maximum Gasteiger partial charge on any atom is 0.416 e. The van der Waals surface area contributed by atoms with Gasteiger partial charge in [0.2, 0.25) is 0 Å². The lowest BCUT2D eigenvalue weighted by atomic mass is 9.86. The Bertz CT molecular complexity index is 1980. The maximum atomic E-state index is 14.2. The second kappa shape index (κ2) is 15.0. The van der Waals surface area contributed by atoms with Crippen molar-refractivity contribution in [3.05, 3.63) is 70.8 Å². The third kappa shape index (κ3) is 8.94. The van der Waals surface area contributed by atoms with Gasteiger partial charge in [-0.3, -0.25) is 13.8 Å². The molecule has 274 valence electrons. The Kier molecular flexibility index (Phi) is 11.3. The summed E-state index contributed by atoms with van der Waals surface area (Å²) < 4.78 is 36.8. The molecule has 5 rings (SSSR count). The molecule has 51 heavy (non-hydrogen) atoms. The number of ether oxygens (including phenoxy) is 1. The number of hydrogen-bond acceptors (Lipinski definition) is 8. The molecule has 0 aliphatic carbocycles. The fourth-order valence-corrected chi connectivity index (χ4v) is 8.65. The molecule has 1 fully saturated rings. The molecule has 2 aromatic heterocycles. The van der Waals surface area contributed by atoms with Gasteiger partial charge < -0.3 is 14.7 Å². The van der Waals surface area contributed by atoms with Crippen molar-refractivity contribution in [3.63, 3.8) is 0 Å². The Morgan fingerprint density at radius 1 is 0.922 bits per heavy atom. The van der Waals surface area contributed by atoms with Gasteiger partial charge in [-0.2, -0.15) is 0 Å². The number of carbonyl (C=O) groups excluding carboxylic acids is 1. The number of amides is 1. The molecule has 1 amide bonds. The minimum atomic E-state index is -4.48. The van der Waals surface area contributed by atoms with E-state index in [0.29, 0.717) is 35.6 Å². The van der Waals surface area contributed by atoms with E-state index in [2.05, 4.69) is 15.1 Å². The van der Waals surface area contributed by atoms with E-state index in [0.717, 1.165) is 30.2 Å². The fraction of sp³-hybridized carbons (Fsp3) is 0.444. The largest absolute Gasteiger partial charge is 0.480 e. The summed E-state index contributed by atoms with van der Waals surface area (Å²) in [6, 6.07) is 12.5. The van der Waals surface area contributed by atoms with Crippen molar-refractivity contribution in [1.82, 2.24) is 19.7 Å². The number of carboxylic acids is 1. The van der Waals surface area contributed by atoms with Crippen molar-refractivity contribution in [1.29, 1.82) is 0 Å². The smallest absolute Gasteiger partial charge is 0.416 e. The summed E-state index contributed by atoms with van der Waals surface area (Å²) in [6.45, 7) is 13.5. The predicted octanol–water partition coefficient (Wildman–Crippen LogP) is 7.65. The summed E-state index contributed by atoms with van der Waals surface area (Å²) in [6.07, 6.45) is 4.73. The lowest BCUT2D eigenvalue weighted by molar-refractivity contribution is -0.140. The molecule has 1 N–H and O–H groups in total. The van der Waals surface area contributed by atoms with Gasteiger partial charge in [-0.05, 0) is 107 Å². The van der Waals surface area contributed by atoms with Crippen LogP contribution in [0.25, 0.3) is 16.7 Å². The predicted molar refractivity (Wildman–Crippen MR) is 200 cm³/mol. The summed E-state index contributed by atoms with van der Waals surface area (Å²) >= 11 is 12.3. The number of aliphatic carboxylic acids is 1. The lowest BCUT2D eigenvalue weighted by Crippen LogP contribution is -2.52. The van der Waals surface area contributed by atoms with E-state index >= 15 is 0 Å². The Balaban J connectivity index is 1.50. The van der Waals surface area contributed by atoms with Gasteiger partial charge in [-0.15, -0.1) is 10.2 Å². The first-order valence-electron chi connectivity index (χ1n) is 16.8. The zero-order valence-corrected chi connectivity index (χ0v) is 32.0. The van der Waals surface area contributed by atoms with Crippen LogP contribution in [0.4, 0.5) is 16.3 Å². The van der Waals surface area contributed by atoms with E-state index in [4.69, 9.17) is 27.9 Å². The molecule has 0 bridgehead atoms. The SMILES string of the molecule is CC(C)(C)OC(=O)N(CCN1CCCCC1)c1ccc(-n2ccc3cc(N(C(C(=O)O)C(C)(C)C)S(=O)(=O)c4cc(Cl)cc(Cl)c4)ccc32)nn1. The van der Waals surface area contributed by atoms with Crippen molar-refractivity contribution >= 4 is 67.7 Å². The van der Waals surface area contributed by atoms with Crippen LogP contribution in [0.3, 0.4) is 0 Å². The molecule has 1 aliphatic heterocycles. The molecular formula is C36H44Cl2N6O6S. The monoisotopic (exact) mass is 758 g/mol. The molecular weight excluding hydrogens is 715 g/mol. The molecule has 1 unspecified atom stereocenters. The van der Waals surface area contributed by atoms with E-state index in [9.17, 15) is 23.1 Å². The second-order valence-corrected chi connectivity index (χ2v) is 17.4. The van der Waals surface area contributed by atoms with Crippen LogP contribution in [-0.4, -0.2) is 83.1 Å². The second-order valence-electron chi connectivity index (χ2n) is 14.7. The van der Waals surface area contributed by atoms with Crippen LogP contribution in [0.5, 0.6) is 0 Å². The number of halogens is 2. The number of benzene rings is 2. The third-order valence-corrected chi connectivity index (χ3v) is 10.7. The van der Waals surface area contributed by atoms with Crippen molar-refractivity contribution < 1.29 is 27.9 Å². The maximum absolute atomic E-state index is 14.2. The molecule has 2 aromatic carbocycles. The molecule has 3 heterocycles. The Labute approximate surface area is 308 Å². The molecule has 15 heteroatoms. The summed E-state index contributed by atoms with van der Waals surface area (Å²) in [4.78, 5) is 29.6. The van der Waals surface area contributed by atoms with Crippen LogP contribution < -0.4 is 9.21 Å². The van der Waals surface area contributed by atoms with E-state index in [1.807, 2.05) is 20.8 Å². The normalized spacial score (nSPS) is 15.1. The van der Waals surface area contributed by atoms with Crippen LogP contribution in [0.1, 0.15) is 60.8 Å². The van der Waals surface area contributed by atoms with E-state index in [1.165, 1.54) is 29.5 Å². The standard InChI is InChI=1S/C36H44Cl2N6O6S/c1-35(2,3)32(33(45)46)44(51(48,49)28-22-25(37)21-26(38)23-28)27-10-11-29-24(20-27)14-17-42(29)30-12-13-31(40-39-30)43(34(47)50-36(4,5)6)19-18-41-15-8-7-9-16-41/h10-14,17,20-23,32H,7-9,15-16,18-19H2,1-6H3,(H,45,46). The van der Waals surface area contributed by atoms with Crippen molar-refractivity contribution in [2.45, 2.75) is 77.3 Å². The minimum absolute atomic E-state index is 0.0968. The van der Waals surface area contributed by atoms with Gasteiger partial charge in [-0.1, -0.05) is 50.4 Å². The number of anilines is 2. The fourth-order valence-electron chi connectivity index (χ4n) is 6.14. The number of piperidine rings is 1. The Morgan fingerprint density at radius 3 is 2.16 bits per heavy atom. The molecule has 0 spiro atoms. The first-order chi connectivity index (χ1) is 23.8. The van der Waals surface area contributed by atoms with E-state index in [1.54, 1.807) is 67.9 Å². The number of nitrogens with zero attached hydrogens (tertiary/aromatic N) is 6. The van der Waals surface area contributed by atoms with Gasteiger partial charge in [0, 0.05) is 34.7 Å². The highest BCUT2D eigenvalue weighted by molar-refractivity contribution is 7.93. The van der Waals surface area contributed by atoms with E-state index < -0.39 is 39.1 Å². The summed E-state index contributed by atoms with van der Waals surface area (Å²) in [5, 5.41) is 20.0. The number of likely N-dealkylation sites (tertiary alicyclic amines) is 1. The molecule has 0 radical (unpaired) electrons. The average molecular weight is 760 g/mol. The summed E-state index contributed by atoms with van der Waals surface area (Å²) in [7, 11) is -4.48. The number of fused-ring (bicyclic) bond motifs is 1. The number of hydrogen-bond donors (Lipinski definition) is 1. The van der Waals surface area contributed by atoms with Crippen LogP contribution in [0.2, 0.25) is 10.0 Å².